The number of hydrogen-bond acceptors (Lipinski definition) is 4. The summed E-state index contributed by atoms with van der Waals surface area (Å²) in [6.07, 6.45) is -0.168. The zero-order valence-electron chi connectivity index (χ0n) is 11.0. The van der Waals surface area contributed by atoms with E-state index in [-0.39, 0.29) is 12.6 Å². The summed E-state index contributed by atoms with van der Waals surface area (Å²) < 4.78 is 37.8. The first-order chi connectivity index (χ1) is 8.89. The highest BCUT2D eigenvalue weighted by Gasteiger charge is 2.47. The lowest BCUT2D eigenvalue weighted by Gasteiger charge is -2.35. The van der Waals surface area contributed by atoms with Gasteiger partial charge in [-0.05, 0) is 26.0 Å². The Bertz CT molecular complexity index is 583. The van der Waals surface area contributed by atoms with Gasteiger partial charge in [0.1, 0.15) is 0 Å². The van der Waals surface area contributed by atoms with Gasteiger partial charge in [0, 0.05) is 6.54 Å². The van der Waals surface area contributed by atoms with E-state index in [9.17, 15) is 8.42 Å². The van der Waals surface area contributed by atoms with Gasteiger partial charge in [0.15, 0.2) is 5.79 Å². The number of ether oxygens (including phenoxy) is 2. The fourth-order valence-corrected chi connectivity index (χ4v) is 4.06. The van der Waals surface area contributed by atoms with Crippen molar-refractivity contribution in [2.24, 2.45) is 0 Å². The van der Waals surface area contributed by atoms with E-state index in [4.69, 9.17) is 9.47 Å². The molecule has 0 aromatic heterocycles. The number of aryl methyl sites for hydroxylation is 1. The largest absolute Gasteiger partial charge is 0.346 e. The fraction of sp³-hybridized carbons (Fsp3) is 0.538. The molecular weight excluding hydrogens is 266 g/mol. The van der Waals surface area contributed by atoms with E-state index in [2.05, 4.69) is 0 Å². The minimum Gasteiger partial charge on any atom is -0.346 e. The number of fused-ring (bicyclic) bond motifs is 2. The molecule has 1 aromatic rings. The average Bonchev–Trinajstić information content (AvgIpc) is 2.63. The van der Waals surface area contributed by atoms with E-state index in [1.807, 2.05) is 6.92 Å². The molecule has 19 heavy (non-hydrogen) atoms. The molecule has 104 valence electrons. The van der Waals surface area contributed by atoms with Gasteiger partial charge in [-0.1, -0.05) is 17.7 Å². The summed E-state index contributed by atoms with van der Waals surface area (Å²) >= 11 is 0. The smallest absolute Gasteiger partial charge is 0.243 e. The van der Waals surface area contributed by atoms with E-state index >= 15 is 0 Å². The van der Waals surface area contributed by atoms with Crippen LogP contribution in [0.15, 0.2) is 29.2 Å². The molecule has 0 saturated carbocycles. The minimum absolute atomic E-state index is 0.168. The Morgan fingerprint density at radius 2 is 2.00 bits per heavy atom. The highest BCUT2D eigenvalue weighted by Crippen LogP contribution is 2.32. The lowest BCUT2D eigenvalue weighted by atomic mass is 10.2. The van der Waals surface area contributed by atoms with Gasteiger partial charge in [-0.2, -0.15) is 4.31 Å². The molecule has 5 nitrogen and oxygen atoms in total. The Labute approximate surface area is 113 Å². The summed E-state index contributed by atoms with van der Waals surface area (Å²) in [6, 6.07) is 6.90. The Kier molecular flexibility index (Phi) is 2.94. The van der Waals surface area contributed by atoms with Crippen molar-refractivity contribution in [2.45, 2.75) is 30.6 Å². The molecule has 0 aliphatic carbocycles. The third-order valence-corrected chi connectivity index (χ3v) is 5.35. The highest BCUT2D eigenvalue weighted by atomic mass is 32.2. The van der Waals surface area contributed by atoms with Gasteiger partial charge < -0.3 is 9.47 Å². The van der Waals surface area contributed by atoms with Crippen molar-refractivity contribution < 1.29 is 17.9 Å². The minimum atomic E-state index is -3.47. The highest BCUT2D eigenvalue weighted by molar-refractivity contribution is 7.89. The molecule has 1 aromatic carbocycles. The Morgan fingerprint density at radius 1 is 1.32 bits per heavy atom. The maximum absolute atomic E-state index is 12.6. The van der Waals surface area contributed by atoms with Crippen LogP contribution < -0.4 is 0 Å². The van der Waals surface area contributed by atoms with Crippen LogP contribution in [0.5, 0.6) is 0 Å². The zero-order chi connectivity index (χ0) is 13.7. The molecule has 6 heteroatoms. The van der Waals surface area contributed by atoms with Crippen LogP contribution in [0.25, 0.3) is 0 Å². The Balaban J connectivity index is 1.91. The number of rotatable bonds is 2. The molecule has 0 unspecified atom stereocenters. The van der Waals surface area contributed by atoms with Crippen LogP contribution in [0.1, 0.15) is 12.5 Å². The number of hydrogen-bond donors (Lipinski definition) is 0. The van der Waals surface area contributed by atoms with Crippen molar-refractivity contribution in [3.05, 3.63) is 29.8 Å². The standard InChI is InChI=1S/C13H17NO4S/c1-10-3-5-12(6-4-10)19(15,16)14-7-11-8-17-13(2,9-14)18-11/h3-6,11H,7-9H2,1-2H3/t11-,13-/m0/s1. The van der Waals surface area contributed by atoms with Gasteiger partial charge in [-0.25, -0.2) is 8.42 Å². The summed E-state index contributed by atoms with van der Waals surface area (Å²) in [5.74, 6) is -0.805. The first-order valence-electron chi connectivity index (χ1n) is 6.28. The summed E-state index contributed by atoms with van der Waals surface area (Å²) in [7, 11) is -3.47. The van der Waals surface area contributed by atoms with Crippen LogP contribution >= 0.6 is 0 Å². The van der Waals surface area contributed by atoms with Crippen molar-refractivity contribution >= 4 is 10.0 Å². The van der Waals surface area contributed by atoms with E-state index in [1.165, 1.54) is 4.31 Å². The van der Waals surface area contributed by atoms with Gasteiger partial charge in [0.2, 0.25) is 10.0 Å². The van der Waals surface area contributed by atoms with Crippen molar-refractivity contribution in [1.82, 2.24) is 4.31 Å². The average molecular weight is 283 g/mol. The first kappa shape index (κ1) is 13.1. The second-order valence-electron chi connectivity index (χ2n) is 5.30. The van der Waals surface area contributed by atoms with Crippen LogP contribution in [0.4, 0.5) is 0 Å². The predicted molar refractivity (Wildman–Crippen MR) is 69.2 cm³/mol. The first-order valence-corrected chi connectivity index (χ1v) is 7.72. The maximum Gasteiger partial charge on any atom is 0.243 e. The van der Waals surface area contributed by atoms with Crippen LogP contribution in [-0.4, -0.2) is 44.3 Å². The second kappa shape index (κ2) is 4.28. The Hall–Kier alpha value is -0.950. The number of nitrogens with zero attached hydrogens (tertiary/aromatic N) is 1. The monoisotopic (exact) mass is 283 g/mol. The molecule has 2 heterocycles. The van der Waals surface area contributed by atoms with E-state index < -0.39 is 15.8 Å². The zero-order valence-corrected chi connectivity index (χ0v) is 11.8. The molecule has 0 spiro atoms. The molecule has 0 radical (unpaired) electrons. The van der Waals surface area contributed by atoms with E-state index in [0.717, 1.165) is 5.56 Å². The normalized spacial score (nSPS) is 31.6. The number of sulfonamides is 1. The number of morpholine rings is 1. The lowest BCUT2D eigenvalue weighted by molar-refractivity contribution is -0.178. The maximum atomic E-state index is 12.6. The van der Waals surface area contributed by atoms with Crippen LogP contribution in [-0.2, 0) is 19.5 Å². The van der Waals surface area contributed by atoms with Gasteiger partial charge in [0.25, 0.3) is 0 Å². The molecular formula is C13H17NO4S. The molecule has 2 saturated heterocycles. The number of benzene rings is 1. The van der Waals surface area contributed by atoms with Crippen LogP contribution in [0.3, 0.4) is 0 Å². The van der Waals surface area contributed by atoms with Gasteiger partial charge in [0.05, 0.1) is 24.2 Å². The summed E-state index contributed by atoms with van der Waals surface area (Å²) in [5.41, 5.74) is 1.04. The third kappa shape index (κ3) is 2.29. The van der Waals surface area contributed by atoms with Crippen molar-refractivity contribution in [2.75, 3.05) is 19.7 Å². The summed E-state index contributed by atoms with van der Waals surface area (Å²) in [5, 5.41) is 0. The molecule has 2 aliphatic rings. The SMILES string of the molecule is Cc1ccc(S(=O)(=O)N2C[C@H]3CO[C@](C)(C2)O3)cc1. The van der Waals surface area contributed by atoms with Crippen molar-refractivity contribution in [3.8, 4) is 0 Å². The molecule has 0 amide bonds. The lowest BCUT2D eigenvalue weighted by Crippen LogP contribution is -2.51. The predicted octanol–water partition coefficient (Wildman–Crippen LogP) is 1.13. The fourth-order valence-electron chi connectivity index (χ4n) is 2.52. The third-order valence-electron chi connectivity index (χ3n) is 3.52. The van der Waals surface area contributed by atoms with E-state index in [1.54, 1.807) is 31.2 Å². The molecule has 2 atom stereocenters. The quantitative estimate of drug-likeness (QED) is 0.816. The summed E-state index contributed by atoms with van der Waals surface area (Å²) in [6.45, 7) is 4.76. The molecule has 2 aliphatic heterocycles. The van der Waals surface area contributed by atoms with Gasteiger partial charge in [-0.15, -0.1) is 0 Å². The molecule has 2 fully saturated rings. The van der Waals surface area contributed by atoms with Crippen molar-refractivity contribution in [1.29, 1.82) is 0 Å². The molecule has 3 rings (SSSR count). The molecule has 2 bridgehead atoms. The van der Waals surface area contributed by atoms with Gasteiger partial charge in [-0.3, -0.25) is 0 Å². The Morgan fingerprint density at radius 3 is 2.63 bits per heavy atom. The summed E-state index contributed by atoms with van der Waals surface area (Å²) in [4.78, 5) is 0.322. The van der Waals surface area contributed by atoms with Crippen LogP contribution in [0.2, 0.25) is 0 Å². The topological polar surface area (TPSA) is 55.8 Å². The van der Waals surface area contributed by atoms with Crippen LogP contribution in [0, 0.1) is 6.92 Å². The van der Waals surface area contributed by atoms with Gasteiger partial charge >= 0.3 is 0 Å². The molecule has 0 N–H and O–H groups in total. The second-order valence-corrected chi connectivity index (χ2v) is 7.23. The van der Waals surface area contributed by atoms with E-state index in [0.29, 0.717) is 18.0 Å². The van der Waals surface area contributed by atoms with Crippen molar-refractivity contribution in [3.63, 3.8) is 0 Å².